The zero-order valence-corrected chi connectivity index (χ0v) is 14.1. The Kier molecular flexibility index (Phi) is 4.87. The maximum atomic E-state index is 12.1. The zero-order chi connectivity index (χ0) is 17.8. The fraction of sp³-hybridized carbons (Fsp3) is 0.0667. The minimum atomic E-state index is -0.594. The molecular weight excluding hydrogens is 362 g/mol. The monoisotopic (exact) mass is 371 g/mol. The van der Waals surface area contributed by atoms with Crippen molar-refractivity contribution in [3.05, 3.63) is 51.7 Å². The standard InChI is InChI=1S/C15H9N5O3S2/c16-6-9-5-10(20(22)23)1-2-12(9)19-13(21)7-25-15-11-3-4-24-14(11)17-8-18-15/h1-5,8H,7H2,(H,19,21). The van der Waals surface area contributed by atoms with E-state index < -0.39 is 4.92 Å². The number of fused-ring (bicyclic) bond motifs is 1. The van der Waals surface area contributed by atoms with Crippen LogP contribution in [0.4, 0.5) is 11.4 Å². The average Bonchev–Trinajstić information content (AvgIpc) is 3.09. The number of hydrogen-bond acceptors (Lipinski definition) is 8. The van der Waals surface area contributed by atoms with Crippen LogP contribution in [0.2, 0.25) is 0 Å². The summed E-state index contributed by atoms with van der Waals surface area (Å²) in [6.45, 7) is 0. The number of amides is 1. The van der Waals surface area contributed by atoms with E-state index in [0.29, 0.717) is 5.03 Å². The molecule has 2 heterocycles. The first-order valence-electron chi connectivity index (χ1n) is 6.88. The van der Waals surface area contributed by atoms with E-state index in [0.717, 1.165) is 16.3 Å². The Hall–Kier alpha value is -3.03. The molecule has 25 heavy (non-hydrogen) atoms. The van der Waals surface area contributed by atoms with Crippen molar-refractivity contribution in [2.45, 2.75) is 5.03 Å². The van der Waals surface area contributed by atoms with Gasteiger partial charge in [0.25, 0.3) is 5.69 Å². The molecule has 0 fully saturated rings. The highest BCUT2D eigenvalue weighted by Crippen LogP contribution is 2.28. The number of nitro benzene ring substituents is 1. The average molecular weight is 371 g/mol. The number of nitro groups is 1. The number of nitriles is 1. The molecule has 1 N–H and O–H groups in total. The summed E-state index contributed by atoms with van der Waals surface area (Å²) in [5.41, 5.74) is 0.0710. The number of rotatable bonds is 5. The van der Waals surface area contributed by atoms with Gasteiger partial charge < -0.3 is 5.32 Å². The van der Waals surface area contributed by atoms with Crippen molar-refractivity contribution in [2.24, 2.45) is 0 Å². The first-order valence-corrected chi connectivity index (χ1v) is 8.74. The molecule has 0 bridgehead atoms. The molecule has 2 aromatic heterocycles. The molecule has 8 nitrogen and oxygen atoms in total. The van der Waals surface area contributed by atoms with Crippen LogP contribution in [0.25, 0.3) is 10.2 Å². The number of aromatic nitrogens is 2. The summed E-state index contributed by atoms with van der Waals surface area (Å²) in [4.78, 5) is 31.4. The van der Waals surface area contributed by atoms with Crippen molar-refractivity contribution in [3.63, 3.8) is 0 Å². The first kappa shape index (κ1) is 16.8. The molecule has 124 valence electrons. The van der Waals surface area contributed by atoms with Crippen molar-refractivity contribution in [1.29, 1.82) is 5.26 Å². The van der Waals surface area contributed by atoms with Gasteiger partial charge in [-0.25, -0.2) is 9.97 Å². The highest BCUT2D eigenvalue weighted by Gasteiger charge is 2.14. The second-order valence-corrected chi connectivity index (χ2v) is 6.61. The fourth-order valence-corrected chi connectivity index (χ4v) is 3.63. The van der Waals surface area contributed by atoms with E-state index in [1.54, 1.807) is 0 Å². The SMILES string of the molecule is N#Cc1cc([N+](=O)[O-])ccc1NC(=O)CSc1ncnc2sccc12. The van der Waals surface area contributed by atoms with Gasteiger partial charge in [0.2, 0.25) is 5.91 Å². The third kappa shape index (κ3) is 3.73. The molecule has 1 aromatic carbocycles. The number of carbonyl (C=O) groups is 1. The predicted octanol–water partition coefficient (Wildman–Crippen LogP) is 3.20. The van der Waals surface area contributed by atoms with E-state index in [1.807, 2.05) is 17.5 Å². The van der Waals surface area contributed by atoms with Gasteiger partial charge in [-0.2, -0.15) is 5.26 Å². The van der Waals surface area contributed by atoms with Crippen molar-refractivity contribution < 1.29 is 9.72 Å². The van der Waals surface area contributed by atoms with Crippen molar-refractivity contribution >= 4 is 50.6 Å². The summed E-state index contributed by atoms with van der Waals surface area (Å²) in [6.07, 6.45) is 1.45. The number of anilines is 1. The highest BCUT2D eigenvalue weighted by molar-refractivity contribution is 8.00. The van der Waals surface area contributed by atoms with Gasteiger partial charge in [0.15, 0.2) is 0 Å². The van der Waals surface area contributed by atoms with Gasteiger partial charge in [-0.15, -0.1) is 11.3 Å². The van der Waals surface area contributed by atoms with Crippen LogP contribution in [0.15, 0.2) is 41.0 Å². The lowest BCUT2D eigenvalue weighted by Crippen LogP contribution is -2.15. The molecule has 1 amide bonds. The second kappa shape index (κ2) is 7.25. The Morgan fingerprint density at radius 1 is 1.40 bits per heavy atom. The van der Waals surface area contributed by atoms with Gasteiger partial charge in [0.1, 0.15) is 22.3 Å². The molecule has 3 rings (SSSR count). The molecule has 10 heteroatoms. The van der Waals surface area contributed by atoms with E-state index in [4.69, 9.17) is 5.26 Å². The minimum absolute atomic E-state index is 0.0369. The molecule has 0 aliphatic rings. The molecule has 0 atom stereocenters. The van der Waals surface area contributed by atoms with E-state index in [1.165, 1.54) is 41.6 Å². The second-order valence-electron chi connectivity index (χ2n) is 4.75. The third-order valence-corrected chi connectivity index (χ3v) is 5.00. The molecule has 0 saturated carbocycles. The van der Waals surface area contributed by atoms with Crippen LogP contribution >= 0.6 is 23.1 Å². The maximum absolute atomic E-state index is 12.1. The number of benzene rings is 1. The molecule has 3 aromatic rings. The van der Waals surface area contributed by atoms with Gasteiger partial charge in [0.05, 0.1) is 21.9 Å². The lowest BCUT2D eigenvalue weighted by Gasteiger charge is -2.07. The maximum Gasteiger partial charge on any atom is 0.270 e. The van der Waals surface area contributed by atoms with Gasteiger partial charge in [-0.3, -0.25) is 14.9 Å². The van der Waals surface area contributed by atoms with Gasteiger partial charge in [0, 0.05) is 17.5 Å². The normalized spacial score (nSPS) is 10.4. The van der Waals surface area contributed by atoms with E-state index in [2.05, 4.69) is 15.3 Å². The molecule has 0 unspecified atom stereocenters. The Bertz CT molecular complexity index is 1010. The predicted molar refractivity (Wildman–Crippen MR) is 94.6 cm³/mol. The topological polar surface area (TPSA) is 122 Å². The van der Waals surface area contributed by atoms with Crippen LogP contribution in [0.3, 0.4) is 0 Å². The van der Waals surface area contributed by atoms with Crippen LogP contribution in [-0.2, 0) is 4.79 Å². The van der Waals surface area contributed by atoms with E-state index >= 15 is 0 Å². The molecular formula is C15H9N5O3S2. The van der Waals surface area contributed by atoms with E-state index in [-0.39, 0.29) is 28.6 Å². The largest absolute Gasteiger partial charge is 0.324 e. The molecule has 0 aliphatic carbocycles. The quantitative estimate of drug-likeness (QED) is 0.316. The molecule has 0 saturated heterocycles. The Balaban J connectivity index is 1.70. The van der Waals surface area contributed by atoms with Gasteiger partial charge in [-0.1, -0.05) is 11.8 Å². The van der Waals surface area contributed by atoms with Crippen LogP contribution in [0.5, 0.6) is 0 Å². The van der Waals surface area contributed by atoms with Crippen LogP contribution in [0.1, 0.15) is 5.56 Å². The Labute approximate surface area is 149 Å². The van der Waals surface area contributed by atoms with Gasteiger partial charge in [-0.05, 0) is 17.5 Å². The van der Waals surface area contributed by atoms with Crippen molar-refractivity contribution in [2.75, 3.05) is 11.1 Å². The number of thioether (sulfide) groups is 1. The number of thiophene rings is 1. The van der Waals surface area contributed by atoms with Crippen LogP contribution in [-0.4, -0.2) is 26.6 Å². The molecule has 0 aliphatic heterocycles. The molecule has 0 radical (unpaired) electrons. The lowest BCUT2D eigenvalue weighted by atomic mass is 10.1. The number of hydrogen-bond donors (Lipinski definition) is 1. The van der Waals surface area contributed by atoms with Crippen LogP contribution in [0, 0.1) is 21.4 Å². The third-order valence-electron chi connectivity index (χ3n) is 3.17. The zero-order valence-electron chi connectivity index (χ0n) is 12.5. The summed E-state index contributed by atoms with van der Waals surface area (Å²) < 4.78 is 0. The highest BCUT2D eigenvalue weighted by atomic mass is 32.2. The smallest absolute Gasteiger partial charge is 0.270 e. The fourth-order valence-electron chi connectivity index (χ4n) is 2.05. The molecule has 0 spiro atoms. The van der Waals surface area contributed by atoms with Crippen molar-refractivity contribution in [1.82, 2.24) is 9.97 Å². The first-order chi connectivity index (χ1) is 12.1. The summed E-state index contributed by atoms with van der Waals surface area (Å²) in [7, 11) is 0. The minimum Gasteiger partial charge on any atom is -0.324 e. The Morgan fingerprint density at radius 3 is 3.00 bits per heavy atom. The van der Waals surface area contributed by atoms with Crippen molar-refractivity contribution in [3.8, 4) is 6.07 Å². The summed E-state index contributed by atoms with van der Waals surface area (Å²) in [5.74, 6) is -0.249. The number of non-ortho nitro benzene ring substituents is 1. The summed E-state index contributed by atoms with van der Waals surface area (Å²) in [6, 6.07) is 7.45. The van der Waals surface area contributed by atoms with Gasteiger partial charge >= 0.3 is 0 Å². The Morgan fingerprint density at radius 2 is 2.24 bits per heavy atom. The van der Waals surface area contributed by atoms with E-state index in [9.17, 15) is 14.9 Å². The number of nitrogens with zero attached hydrogens (tertiary/aromatic N) is 4. The number of nitrogens with one attached hydrogen (secondary N) is 1. The summed E-state index contributed by atoms with van der Waals surface area (Å²) >= 11 is 2.75. The lowest BCUT2D eigenvalue weighted by molar-refractivity contribution is -0.384. The van der Waals surface area contributed by atoms with Crippen LogP contribution < -0.4 is 5.32 Å². The summed E-state index contributed by atoms with van der Waals surface area (Å²) in [5, 5.41) is 25.9. The number of carbonyl (C=O) groups excluding carboxylic acids is 1.